The van der Waals surface area contributed by atoms with Gasteiger partial charge in [0.05, 0.1) is 4.90 Å². The lowest BCUT2D eigenvalue weighted by Gasteiger charge is -2.11. The first-order valence-corrected chi connectivity index (χ1v) is 8.49. The number of benzene rings is 1. The van der Waals surface area contributed by atoms with E-state index in [1.807, 2.05) is 11.4 Å². The molecule has 0 saturated carbocycles. The highest BCUT2D eigenvalue weighted by Gasteiger charge is 2.16. The molecule has 0 aliphatic heterocycles. The van der Waals surface area contributed by atoms with Gasteiger partial charge in [-0.15, -0.1) is 11.3 Å². The maximum absolute atomic E-state index is 11.9. The highest BCUT2D eigenvalue weighted by molar-refractivity contribution is 7.89. The van der Waals surface area contributed by atoms with Crippen LogP contribution in [0.3, 0.4) is 0 Å². The van der Waals surface area contributed by atoms with Crippen LogP contribution in [0.2, 0.25) is 0 Å². The summed E-state index contributed by atoms with van der Waals surface area (Å²) >= 11 is 1.41. The fourth-order valence-corrected chi connectivity index (χ4v) is 3.04. The summed E-state index contributed by atoms with van der Waals surface area (Å²) in [6, 6.07) is 8.97. The number of sulfonamides is 1. The minimum atomic E-state index is -3.75. The van der Waals surface area contributed by atoms with E-state index in [-0.39, 0.29) is 17.3 Å². The first kappa shape index (κ1) is 15.6. The Morgan fingerprint density at radius 3 is 2.67 bits per heavy atom. The molecular formula is C13H15N3O3S2. The zero-order valence-corrected chi connectivity index (χ0v) is 12.7. The number of nitrogens with one attached hydrogen (secondary N) is 1. The van der Waals surface area contributed by atoms with Gasteiger partial charge in [-0.05, 0) is 29.1 Å². The number of thiophene rings is 1. The van der Waals surface area contributed by atoms with Crippen LogP contribution in [0.5, 0.6) is 0 Å². The molecule has 21 heavy (non-hydrogen) atoms. The topological polar surface area (TPSA) is 115 Å². The largest absolute Gasteiger partial charge is 0.350 e. The summed E-state index contributed by atoms with van der Waals surface area (Å²) < 4.78 is 22.5. The molecule has 2 rings (SSSR count). The minimum Gasteiger partial charge on any atom is -0.350 e. The molecule has 0 radical (unpaired) electrons. The number of hydrogen-bond donors (Lipinski definition) is 3. The molecule has 1 amide bonds. The molecule has 1 unspecified atom stereocenters. The number of amides is 1. The van der Waals surface area contributed by atoms with Crippen molar-refractivity contribution in [1.29, 1.82) is 0 Å². The van der Waals surface area contributed by atoms with E-state index in [0.717, 1.165) is 4.88 Å². The molecule has 1 heterocycles. The Morgan fingerprint density at radius 2 is 2.05 bits per heavy atom. The lowest BCUT2D eigenvalue weighted by Crippen LogP contribution is -2.33. The number of rotatable bonds is 5. The maximum Gasteiger partial charge on any atom is 0.242 e. The Kier molecular flexibility index (Phi) is 4.73. The van der Waals surface area contributed by atoms with Crippen LogP contribution >= 0.6 is 11.3 Å². The number of primary sulfonamides is 1. The molecule has 5 N–H and O–H groups in total. The van der Waals surface area contributed by atoms with Crippen molar-refractivity contribution in [1.82, 2.24) is 5.32 Å². The zero-order chi connectivity index (χ0) is 15.5. The van der Waals surface area contributed by atoms with Crippen LogP contribution < -0.4 is 16.2 Å². The van der Waals surface area contributed by atoms with E-state index in [2.05, 4.69) is 5.32 Å². The number of nitrogens with two attached hydrogens (primary N) is 2. The van der Waals surface area contributed by atoms with Crippen molar-refractivity contribution in [3.63, 3.8) is 0 Å². The molecule has 0 spiro atoms. The third kappa shape index (κ3) is 4.11. The van der Waals surface area contributed by atoms with Gasteiger partial charge in [0.25, 0.3) is 0 Å². The van der Waals surface area contributed by atoms with Crippen molar-refractivity contribution >= 4 is 27.3 Å². The summed E-state index contributed by atoms with van der Waals surface area (Å²) in [5.74, 6) is -0.321. The molecule has 0 aliphatic rings. The van der Waals surface area contributed by atoms with Gasteiger partial charge in [0, 0.05) is 11.4 Å². The molecule has 1 aromatic carbocycles. The van der Waals surface area contributed by atoms with Gasteiger partial charge >= 0.3 is 0 Å². The van der Waals surface area contributed by atoms with Gasteiger partial charge in [-0.1, -0.05) is 18.2 Å². The first-order chi connectivity index (χ1) is 9.88. The summed E-state index contributed by atoms with van der Waals surface area (Å²) in [7, 11) is -3.75. The fourth-order valence-electron chi connectivity index (χ4n) is 1.73. The molecule has 0 aliphatic carbocycles. The zero-order valence-electron chi connectivity index (χ0n) is 11.0. The highest BCUT2D eigenvalue weighted by atomic mass is 32.2. The van der Waals surface area contributed by atoms with Crippen LogP contribution in [0, 0.1) is 0 Å². The number of hydrogen-bond acceptors (Lipinski definition) is 5. The molecule has 0 saturated heterocycles. The Labute approximate surface area is 126 Å². The Bertz CT molecular complexity index is 727. The second kappa shape index (κ2) is 6.35. The maximum atomic E-state index is 11.9. The van der Waals surface area contributed by atoms with Gasteiger partial charge in [0.15, 0.2) is 0 Å². The molecule has 2 aromatic rings. The van der Waals surface area contributed by atoms with Crippen molar-refractivity contribution in [2.24, 2.45) is 10.9 Å². The molecule has 112 valence electrons. The first-order valence-electron chi connectivity index (χ1n) is 6.06. The van der Waals surface area contributed by atoms with E-state index >= 15 is 0 Å². The SMILES string of the molecule is NC(C(=O)NCc1cccc(S(N)(=O)=O)c1)c1cccs1. The van der Waals surface area contributed by atoms with Crippen LogP contribution in [-0.4, -0.2) is 14.3 Å². The molecule has 6 nitrogen and oxygen atoms in total. The van der Waals surface area contributed by atoms with Gasteiger partial charge in [-0.3, -0.25) is 4.79 Å². The monoisotopic (exact) mass is 325 g/mol. The van der Waals surface area contributed by atoms with Crippen molar-refractivity contribution in [2.45, 2.75) is 17.5 Å². The summed E-state index contributed by atoms with van der Waals surface area (Å²) in [6.07, 6.45) is 0. The third-order valence-electron chi connectivity index (χ3n) is 2.83. The van der Waals surface area contributed by atoms with Gasteiger partial charge in [-0.25, -0.2) is 13.6 Å². The van der Waals surface area contributed by atoms with Crippen molar-refractivity contribution < 1.29 is 13.2 Å². The molecule has 1 aromatic heterocycles. The van der Waals surface area contributed by atoms with Gasteiger partial charge < -0.3 is 11.1 Å². The standard InChI is InChI=1S/C13H15N3O3S2/c14-12(11-5-2-6-20-11)13(17)16-8-9-3-1-4-10(7-9)21(15,18)19/h1-7,12H,8,14H2,(H,16,17)(H2,15,18,19). The average Bonchev–Trinajstić information content (AvgIpc) is 2.97. The lowest BCUT2D eigenvalue weighted by atomic mass is 10.2. The smallest absolute Gasteiger partial charge is 0.242 e. The van der Waals surface area contributed by atoms with E-state index in [4.69, 9.17) is 10.9 Å². The van der Waals surface area contributed by atoms with Gasteiger partial charge in [0.1, 0.15) is 6.04 Å². The molecule has 8 heteroatoms. The quantitative estimate of drug-likeness (QED) is 0.751. The highest BCUT2D eigenvalue weighted by Crippen LogP contribution is 2.17. The predicted octanol–water partition coefficient (Wildman–Crippen LogP) is 0.712. The Balaban J connectivity index is 2.02. The van der Waals surface area contributed by atoms with E-state index < -0.39 is 16.1 Å². The van der Waals surface area contributed by atoms with Gasteiger partial charge in [-0.2, -0.15) is 0 Å². The van der Waals surface area contributed by atoms with E-state index in [1.54, 1.807) is 18.2 Å². The van der Waals surface area contributed by atoms with E-state index in [0.29, 0.717) is 5.56 Å². The molecule has 0 bridgehead atoms. The van der Waals surface area contributed by atoms with Crippen LogP contribution in [0.4, 0.5) is 0 Å². The summed E-state index contributed by atoms with van der Waals surface area (Å²) in [5, 5.41) is 9.58. The fraction of sp³-hybridized carbons (Fsp3) is 0.154. The summed E-state index contributed by atoms with van der Waals surface area (Å²) in [6.45, 7) is 0.182. The van der Waals surface area contributed by atoms with Crippen molar-refractivity contribution in [3.05, 3.63) is 52.2 Å². The van der Waals surface area contributed by atoms with Crippen LogP contribution in [-0.2, 0) is 21.4 Å². The Hall–Kier alpha value is -1.74. The Morgan fingerprint density at radius 1 is 1.29 bits per heavy atom. The van der Waals surface area contributed by atoms with E-state index in [9.17, 15) is 13.2 Å². The summed E-state index contributed by atoms with van der Waals surface area (Å²) in [4.78, 5) is 12.7. The normalized spacial score (nSPS) is 12.9. The minimum absolute atomic E-state index is 0.0109. The van der Waals surface area contributed by atoms with Crippen LogP contribution in [0.1, 0.15) is 16.5 Å². The average molecular weight is 325 g/mol. The molecule has 0 fully saturated rings. The van der Waals surface area contributed by atoms with E-state index in [1.165, 1.54) is 23.5 Å². The summed E-state index contributed by atoms with van der Waals surface area (Å²) in [5.41, 5.74) is 6.46. The van der Waals surface area contributed by atoms with Gasteiger partial charge in [0.2, 0.25) is 15.9 Å². The van der Waals surface area contributed by atoms with Crippen LogP contribution in [0.25, 0.3) is 0 Å². The second-order valence-corrected chi connectivity index (χ2v) is 6.94. The number of carbonyl (C=O) groups excluding carboxylic acids is 1. The van der Waals surface area contributed by atoms with Crippen LogP contribution in [0.15, 0.2) is 46.7 Å². The molecule has 1 atom stereocenters. The third-order valence-corrected chi connectivity index (χ3v) is 4.69. The van der Waals surface area contributed by atoms with Crippen molar-refractivity contribution in [2.75, 3.05) is 0 Å². The lowest BCUT2D eigenvalue weighted by molar-refractivity contribution is -0.122. The number of carbonyl (C=O) groups is 1. The second-order valence-electron chi connectivity index (χ2n) is 4.40. The van der Waals surface area contributed by atoms with Crippen molar-refractivity contribution in [3.8, 4) is 0 Å². The predicted molar refractivity (Wildman–Crippen MR) is 80.9 cm³/mol. The molecular weight excluding hydrogens is 310 g/mol.